The molecule has 10 N–H and O–H groups in total. The summed E-state index contributed by atoms with van der Waals surface area (Å²) in [4.78, 5) is 40.1. The lowest BCUT2D eigenvalue weighted by Gasteiger charge is -2.45. The molecule has 4 fully saturated rings. The first kappa shape index (κ1) is 57.5. The number of rotatable bonds is 22. The standard InChI is InChI=1S/C42H59N7O18Si8/c1-30-28-49(41(53)48-39(30)51)38-27-36(50)37(57-38)29-56-42(31-7-4-3-5-8-31,32-9-13-34(54-2)14-10-32)33-11-15-35(16-12-33)55-22-6-20-46-40(52)47-21-24-71-59-69-61-73-62-72-60-68-58-70(23-17-43)63-74(65-72,25-18-44)67-75(64-71,66-73)26-19-45/h3-5,7-16,28,36-38,50H,6,17-27,29,43-45H2,1-2H3,(H2,46,47,52)(H,48,51,53)/t36?,37-,38-,42?,74?,75?/m1/s1. The Hall–Kier alpha value is -3.69. The molecule has 5 heterocycles. The number of H-pyrrole nitrogens is 1. The molecule has 33 heteroatoms. The van der Waals surface area contributed by atoms with E-state index < -0.39 is 117 Å². The fourth-order valence-electron chi connectivity index (χ4n) is 8.26. The van der Waals surface area contributed by atoms with E-state index in [1.807, 2.05) is 78.9 Å². The number of hydrogen-bond donors (Lipinski definition) is 7. The van der Waals surface area contributed by atoms with Crippen LogP contribution in [0.4, 0.5) is 4.79 Å². The lowest BCUT2D eigenvalue weighted by Crippen LogP contribution is -2.70. The second kappa shape index (κ2) is 27.3. The smallest absolute Gasteiger partial charge is 0.497 e. The van der Waals surface area contributed by atoms with Gasteiger partial charge in [0.15, 0.2) is 0 Å². The van der Waals surface area contributed by atoms with Crippen LogP contribution in [0, 0.1) is 6.92 Å². The van der Waals surface area contributed by atoms with Gasteiger partial charge in [0.25, 0.3) is 5.56 Å². The van der Waals surface area contributed by atoms with Crippen LogP contribution >= 0.6 is 0 Å². The van der Waals surface area contributed by atoms with E-state index in [1.165, 1.54) is 10.8 Å². The Balaban J connectivity index is 0.865. The van der Waals surface area contributed by atoms with Crippen LogP contribution in [0.5, 0.6) is 11.5 Å². The first-order valence-electron chi connectivity index (χ1n) is 24.0. The number of ether oxygens (including phenoxy) is 4. The molecule has 4 aliphatic rings. The van der Waals surface area contributed by atoms with Gasteiger partial charge in [0, 0.05) is 55.4 Å². The van der Waals surface area contributed by atoms with E-state index in [9.17, 15) is 19.5 Å². The predicted octanol–water partition coefficient (Wildman–Crippen LogP) is -0.446. The topological polar surface area (TPSA) is 324 Å². The minimum Gasteiger partial charge on any atom is -0.497 e. The number of urea groups is 1. The monoisotopic (exact) mass is 1170 g/mol. The van der Waals surface area contributed by atoms with Crippen molar-refractivity contribution in [2.24, 2.45) is 17.2 Å². The second-order valence-corrected chi connectivity index (χ2v) is 32.8. The van der Waals surface area contributed by atoms with Gasteiger partial charge >= 0.3 is 87.0 Å². The minimum absolute atomic E-state index is 0.0692. The number of aliphatic hydroxyl groups is 1. The van der Waals surface area contributed by atoms with Crippen molar-refractivity contribution >= 4 is 81.3 Å². The van der Waals surface area contributed by atoms with Gasteiger partial charge < -0.3 is 93.0 Å². The molecule has 8 rings (SSSR count). The minimum atomic E-state index is -3.79. The average Bonchev–Trinajstić information content (AvgIpc) is 3.76. The first-order valence-corrected chi connectivity index (χ1v) is 35.0. The molecule has 25 nitrogen and oxygen atoms in total. The summed E-state index contributed by atoms with van der Waals surface area (Å²) < 4.78 is 88.6. The van der Waals surface area contributed by atoms with E-state index in [0.29, 0.717) is 55.3 Å². The summed E-state index contributed by atoms with van der Waals surface area (Å²) in [5.41, 5.74) is 18.4. The predicted molar refractivity (Wildman–Crippen MR) is 277 cm³/mol. The number of aromatic nitrogens is 2. The van der Waals surface area contributed by atoms with Crippen molar-refractivity contribution in [3.8, 4) is 11.5 Å². The van der Waals surface area contributed by atoms with Crippen molar-refractivity contribution in [2.75, 3.05) is 53.0 Å². The van der Waals surface area contributed by atoms with E-state index in [2.05, 4.69) is 15.6 Å². The number of aromatic amines is 1. The third kappa shape index (κ3) is 14.7. The molecule has 4 aliphatic heterocycles. The molecule has 75 heavy (non-hydrogen) atoms. The van der Waals surface area contributed by atoms with Crippen molar-refractivity contribution in [3.05, 3.63) is 128 Å². The van der Waals surface area contributed by atoms with Crippen molar-refractivity contribution < 1.29 is 70.0 Å². The SMILES string of the molecule is COc1ccc(C(OC[C@H]2O[C@@H](n3cc(C)c(=O)[nH]c3=O)CC2O)(c2ccccc2)c2ccc(OCCCNC(=O)NCC[Si]3O[Si]O[Si]4O[Si]5O[Si]O[Si](CCN)O[Si](CCN)(O5)O[Si](CCN)(O3)O4)cc2)cc1. The molecule has 0 aliphatic carbocycles. The number of benzene rings is 3. The maximum absolute atomic E-state index is 13.0. The van der Waals surface area contributed by atoms with Crippen molar-refractivity contribution in [2.45, 2.75) is 68.0 Å². The van der Waals surface area contributed by atoms with Crippen LogP contribution in [0.2, 0.25) is 24.2 Å². The normalized spacial score (nSPS) is 24.9. The molecule has 402 valence electrons. The summed E-state index contributed by atoms with van der Waals surface area (Å²) in [6.45, 7) is 2.95. The lowest BCUT2D eigenvalue weighted by atomic mass is 9.80. The number of aliphatic hydroxyl groups excluding tert-OH is 1. The van der Waals surface area contributed by atoms with Crippen molar-refractivity contribution in [1.29, 1.82) is 0 Å². The Bertz CT molecular complexity index is 2580. The van der Waals surface area contributed by atoms with Crippen LogP contribution in [0.15, 0.2) is 94.6 Å². The van der Waals surface area contributed by atoms with Crippen molar-refractivity contribution in [1.82, 2.24) is 20.2 Å². The zero-order valence-corrected chi connectivity index (χ0v) is 49.1. The molecule has 4 bridgehead atoms. The summed E-state index contributed by atoms with van der Waals surface area (Å²) >= 11 is 0. The number of carbonyl (C=O) groups is 1. The summed E-state index contributed by atoms with van der Waals surface area (Å²) in [6.07, 6.45) is -0.603. The molecule has 3 aromatic carbocycles. The number of fused-ring (bicyclic) bond motifs is 4. The van der Waals surface area contributed by atoms with Gasteiger partial charge in [-0.2, -0.15) is 0 Å². The molecular formula is C42H59N7O18Si8. The highest BCUT2D eigenvalue weighted by Gasteiger charge is 2.62. The quantitative estimate of drug-likeness (QED) is 0.0298. The Morgan fingerprint density at radius 3 is 2.03 bits per heavy atom. The molecule has 2 amide bonds. The molecule has 0 spiro atoms. The van der Waals surface area contributed by atoms with Gasteiger partial charge in [0.1, 0.15) is 29.4 Å². The summed E-state index contributed by atoms with van der Waals surface area (Å²) in [5.74, 6) is 1.24. The molecule has 0 saturated carbocycles. The highest BCUT2D eigenvalue weighted by molar-refractivity contribution is 6.87. The van der Waals surface area contributed by atoms with E-state index in [1.54, 1.807) is 14.0 Å². The van der Waals surface area contributed by atoms with E-state index in [4.69, 9.17) is 77.3 Å². The van der Waals surface area contributed by atoms with Gasteiger partial charge in [-0.25, -0.2) is 9.59 Å². The number of aryl methyl sites for hydroxylation is 1. The van der Waals surface area contributed by atoms with Crippen LogP contribution in [0.1, 0.15) is 41.3 Å². The third-order valence-electron chi connectivity index (χ3n) is 11.9. The Labute approximate surface area is 447 Å². The molecule has 6 atom stereocenters. The van der Waals surface area contributed by atoms with Crippen LogP contribution < -0.4 is 48.6 Å². The molecule has 1 aromatic heterocycles. The van der Waals surface area contributed by atoms with Crippen LogP contribution in [-0.4, -0.2) is 161 Å². The number of hydrogen-bond acceptors (Lipinski definition) is 21. The number of methoxy groups -OCH3 is 1. The Kier molecular flexibility index (Phi) is 20.9. The van der Waals surface area contributed by atoms with Gasteiger partial charge in [-0.3, -0.25) is 14.3 Å². The zero-order valence-electron chi connectivity index (χ0n) is 41.1. The average molecular weight is 1170 g/mol. The van der Waals surface area contributed by atoms with Crippen molar-refractivity contribution in [3.63, 3.8) is 0 Å². The molecular weight excluding hydrogens is 1120 g/mol. The highest BCUT2D eigenvalue weighted by atomic mass is 28.6. The molecule has 8 radical (unpaired) electrons. The molecule has 4 aromatic rings. The summed E-state index contributed by atoms with van der Waals surface area (Å²) in [6, 6.07) is 25.5. The van der Waals surface area contributed by atoms with Gasteiger partial charge in [0.2, 0.25) is 0 Å². The van der Waals surface area contributed by atoms with E-state index >= 15 is 0 Å². The van der Waals surface area contributed by atoms with Crippen LogP contribution in [0.3, 0.4) is 0 Å². The third-order valence-corrected chi connectivity index (χ3v) is 31.5. The fourth-order valence-corrected chi connectivity index (χ4v) is 30.8. The van der Waals surface area contributed by atoms with Crippen LogP contribution in [-0.2, 0) is 56.2 Å². The number of nitrogens with zero attached hydrogens (tertiary/aromatic N) is 1. The molecule has 4 saturated heterocycles. The largest absolute Gasteiger partial charge is 0.551 e. The van der Waals surface area contributed by atoms with Gasteiger partial charge in [-0.15, -0.1) is 0 Å². The second-order valence-electron chi connectivity index (χ2n) is 17.1. The van der Waals surface area contributed by atoms with E-state index in [-0.39, 0.29) is 44.8 Å². The maximum Gasteiger partial charge on any atom is 0.551 e. The highest BCUT2D eigenvalue weighted by Crippen LogP contribution is 2.43. The number of nitrogens with one attached hydrogen (secondary N) is 3. The summed E-state index contributed by atoms with van der Waals surface area (Å²) in [7, 11) is -16.0. The van der Waals surface area contributed by atoms with Gasteiger partial charge in [-0.05, 0) is 73.9 Å². The number of nitrogens with two attached hydrogens (primary N) is 3. The number of amides is 2. The van der Waals surface area contributed by atoms with Gasteiger partial charge in [0.05, 0.1) is 26.4 Å². The number of carbonyl (C=O) groups excluding carboxylic acids is 1. The molecule has 4 unspecified atom stereocenters. The lowest BCUT2D eigenvalue weighted by molar-refractivity contribution is -0.0944. The Morgan fingerprint density at radius 2 is 1.41 bits per heavy atom. The van der Waals surface area contributed by atoms with E-state index in [0.717, 1.165) is 16.7 Å². The Morgan fingerprint density at radius 1 is 0.813 bits per heavy atom. The maximum atomic E-state index is 13.0. The first-order chi connectivity index (χ1) is 36.4. The van der Waals surface area contributed by atoms with Crippen LogP contribution in [0.25, 0.3) is 0 Å². The summed E-state index contributed by atoms with van der Waals surface area (Å²) in [5, 5.41) is 17.0. The van der Waals surface area contributed by atoms with Gasteiger partial charge in [-0.1, -0.05) is 54.6 Å². The fraction of sp³-hybridized carbons (Fsp3) is 0.452. The zero-order chi connectivity index (χ0) is 52.8.